The Hall–Kier alpha value is -2.51. The van der Waals surface area contributed by atoms with Crippen LogP contribution in [0.15, 0.2) is 12.4 Å². The quantitative estimate of drug-likeness (QED) is 0.664. The Morgan fingerprint density at radius 3 is 2.89 bits per heavy atom. The van der Waals surface area contributed by atoms with Crippen molar-refractivity contribution in [3.63, 3.8) is 0 Å². The lowest BCUT2D eigenvalue weighted by Gasteiger charge is -2.31. The minimum atomic E-state index is -0.717. The molecule has 1 aliphatic heterocycles. The molecule has 8 nitrogen and oxygen atoms in total. The second-order valence-corrected chi connectivity index (χ2v) is 4.06. The standard InChI is InChI=1S/C11H13N5O3/c1-6-10(18)15-9(17)5-16(6)11(19)7-3-13-4-8(12-2)14-7/h3-4,6H,5H2,1-2H3,(H,12,14)(H,15,17,18). The maximum absolute atomic E-state index is 12.2. The van der Waals surface area contributed by atoms with E-state index in [4.69, 9.17) is 0 Å². The first kappa shape index (κ1) is 12.9. The van der Waals surface area contributed by atoms with E-state index >= 15 is 0 Å². The highest BCUT2D eigenvalue weighted by atomic mass is 16.2. The normalized spacial score (nSPS) is 19.1. The van der Waals surface area contributed by atoms with Crippen LogP contribution in [0.4, 0.5) is 5.82 Å². The van der Waals surface area contributed by atoms with Gasteiger partial charge in [-0.15, -0.1) is 0 Å². The summed E-state index contributed by atoms with van der Waals surface area (Å²) in [6, 6.07) is -0.717. The molecule has 8 heteroatoms. The number of nitrogens with zero attached hydrogens (tertiary/aromatic N) is 3. The summed E-state index contributed by atoms with van der Waals surface area (Å²) in [6.07, 6.45) is 2.77. The molecule has 1 fully saturated rings. The molecule has 1 aromatic rings. The van der Waals surface area contributed by atoms with Gasteiger partial charge in [0.15, 0.2) is 0 Å². The monoisotopic (exact) mass is 263 g/mol. The average Bonchev–Trinajstić information content (AvgIpc) is 2.42. The van der Waals surface area contributed by atoms with Crippen molar-refractivity contribution >= 4 is 23.5 Å². The average molecular weight is 263 g/mol. The highest BCUT2D eigenvalue weighted by Gasteiger charge is 2.34. The largest absolute Gasteiger partial charge is 0.372 e. The van der Waals surface area contributed by atoms with Gasteiger partial charge in [0.25, 0.3) is 5.91 Å². The molecule has 0 bridgehead atoms. The molecule has 0 aromatic carbocycles. The lowest BCUT2D eigenvalue weighted by atomic mass is 10.2. The summed E-state index contributed by atoms with van der Waals surface area (Å²) in [5.41, 5.74) is 0.0844. The van der Waals surface area contributed by atoms with Crippen LogP contribution in [0.2, 0.25) is 0 Å². The van der Waals surface area contributed by atoms with Crippen molar-refractivity contribution in [2.75, 3.05) is 18.9 Å². The van der Waals surface area contributed by atoms with E-state index in [1.165, 1.54) is 17.3 Å². The fourth-order valence-corrected chi connectivity index (χ4v) is 1.70. The third kappa shape index (κ3) is 2.51. The second-order valence-electron chi connectivity index (χ2n) is 4.06. The number of aromatic nitrogens is 2. The topological polar surface area (TPSA) is 104 Å². The SMILES string of the molecule is CNc1cncc(C(=O)N2CC(=O)NC(=O)C2C)n1. The Balaban J connectivity index is 2.27. The third-order valence-electron chi connectivity index (χ3n) is 2.79. The fourth-order valence-electron chi connectivity index (χ4n) is 1.70. The number of imide groups is 1. The highest BCUT2D eigenvalue weighted by Crippen LogP contribution is 2.10. The first-order valence-electron chi connectivity index (χ1n) is 5.67. The molecule has 1 aliphatic rings. The zero-order chi connectivity index (χ0) is 14.0. The molecule has 2 N–H and O–H groups in total. The highest BCUT2D eigenvalue weighted by molar-refractivity contribution is 6.06. The molecule has 2 rings (SSSR count). The predicted octanol–water partition coefficient (Wildman–Crippen LogP) is -0.995. The second kappa shape index (κ2) is 5.01. The molecule has 0 saturated carbocycles. The maximum atomic E-state index is 12.2. The number of hydrogen-bond acceptors (Lipinski definition) is 6. The van der Waals surface area contributed by atoms with Gasteiger partial charge in [0.1, 0.15) is 24.1 Å². The number of piperazine rings is 1. The first-order valence-corrected chi connectivity index (χ1v) is 5.67. The molecule has 1 unspecified atom stereocenters. The molecule has 3 amide bonds. The first-order chi connectivity index (χ1) is 9.02. The van der Waals surface area contributed by atoms with Gasteiger partial charge in [-0.1, -0.05) is 0 Å². The van der Waals surface area contributed by atoms with Gasteiger partial charge < -0.3 is 10.2 Å². The van der Waals surface area contributed by atoms with E-state index in [-0.39, 0.29) is 12.2 Å². The van der Waals surface area contributed by atoms with Gasteiger partial charge in [-0.25, -0.2) is 4.98 Å². The lowest BCUT2D eigenvalue weighted by Crippen LogP contribution is -2.58. The summed E-state index contributed by atoms with van der Waals surface area (Å²) < 4.78 is 0. The third-order valence-corrected chi connectivity index (χ3v) is 2.79. The Morgan fingerprint density at radius 1 is 1.47 bits per heavy atom. The van der Waals surface area contributed by atoms with E-state index < -0.39 is 23.8 Å². The zero-order valence-electron chi connectivity index (χ0n) is 10.5. The van der Waals surface area contributed by atoms with Gasteiger partial charge >= 0.3 is 0 Å². The summed E-state index contributed by atoms with van der Waals surface area (Å²) in [4.78, 5) is 44.1. The van der Waals surface area contributed by atoms with Crippen LogP contribution < -0.4 is 10.6 Å². The lowest BCUT2D eigenvalue weighted by molar-refractivity contribution is -0.138. The van der Waals surface area contributed by atoms with Gasteiger partial charge in [0, 0.05) is 7.05 Å². The number of amides is 3. The van der Waals surface area contributed by atoms with Crippen LogP contribution in [-0.4, -0.2) is 52.2 Å². The minimum Gasteiger partial charge on any atom is -0.372 e. The number of nitrogens with one attached hydrogen (secondary N) is 2. The van der Waals surface area contributed by atoms with Crippen LogP contribution in [0.1, 0.15) is 17.4 Å². The van der Waals surface area contributed by atoms with Crippen molar-refractivity contribution in [1.29, 1.82) is 0 Å². The molecule has 100 valence electrons. The van der Waals surface area contributed by atoms with E-state index in [9.17, 15) is 14.4 Å². The summed E-state index contributed by atoms with van der Waals surface area (Å²) in [6.45, 7) is 1.38. The van der Waals surface area contributed by atoms with E-state index in [1.807, 2.05) is 0 Å². The van der Waals surface area contributed by atoms with Crippen LogP contribution >= 0.6 is 0 Å². The van der Waals surface area contributed by atoms with E-state index in [0.717, 1.165) is 0 Å². The molecule has 1 aromatic heterocycles. The Labute approximate surface area is 109 Å². The fraction of sp³-hybridized carbons (Fsp3) is 0.364. The smallest absolute Gasteiger partial charge is 0.275 e. The summed E-state index contributed by atoms with van der Waals surface area (Å²) in [5, 5.41) is 4.93. The van der Waals surface area contributed by atoms with Crippen LogP contribution in [0, 0.1) is 0 Å². The molecule has 0 spiro atoms. The van der Waals surface area contributed by atoms with Crippen LogP contribution in [0.3, 0.4) is 0 Å². The van der Waals surface area contributed by atoms with E-state index in [1.54, 1.807) is 14.0 Å². The Morgan fingerprint density at radius 2 is 2.21 bits per heavy atom. The molecule has 0 aliphatic carbocycles. The van der Waals surface area contributed by atoms with Gasteiger partial charge in [-0.3, -0.25) is 24.7 Å². The molecule has 0 radical (unpaired) electrons. The molecular weight excluding hydrogens is 250 g/mol. The Kier molecular flexibility index (Phi) is 3.41. The maximum Gasteiger partial charge on any atom is 0.275 e. The summed E-state index contributed by atoms with van der Waals surface area (Å²) in [7, 11) is 1.65. The van der Waals surface area contributed by atoms with Crippen LogP contribution in [0.25, 0.3) is 0 Å². The minimum absolute atomic E-state index is 0.0844. The van der Waals surface area contributed by atoms with Gasteiger partial charge in [0.05, 0.1) is 12.4 Å². The number of rotatable bonds is 2. The summed E-state index contributed by atoms with van der Waals surface area (Å²) in [5.74, 6) is -1.07. The van der Waals surface area contributed by atoms with E-state index in [0.29, 0.717) is 5.82 Å². The summed E-state index contributed by atoms with van der Waals surface area (Å²) >= 11 is 0. The van der Waals surface area contributed by atoms with Crippen LogP contribution in [-0.2, 0) is 9.59 Å². The van der Waals surface area contributed by atoms with Gasteiger partial charge in [-0.05, 0) is 6.92 Å². The molecule has 19 heavy (non-hydrogen) atoms. The van der Waals surface area contributed by atoms with Gasteiger partial charge in [0.2, 0.25) is 11.8 Å². The van der Waals surface area contributed by atoms with Crippen molar-refractivity contribution in [3.05, 3.63) is 18.1 Å². The number of carbonyl (C=O) groups excluding carboxylic acids is 3. The van der Waals surface area contributed by atoms with Crippen molar-refractivity contribution in [2.45, 2.75) is 13.0 Å². The predicted molar refractivity (Wildman–Crippen MR) is 65.2 cm³/mol. The van der Waals surface area contributed by atoms with Crippen molar-refractivity contribution in [1.82, 2.24) is 20.2 Å². The van der Waals surface area contributed by atoms with Gasteiger partial charge in [-0.2, -0.15) is 0 Å². The number of anilines is 1. The molecule has 1 saturated heterocycles. The van der Waals surface area contributed by atoms with Crippen molar-refractivity contribution in [2.24, 2.45) is 0 Å². The Bertz CT molecular complexity index is 545. The molecule has 1 atom stereocenters. The molecule has 2 heterocycles. The zero-order valence-corrected chi connectivity index (χ0v) is 10.5. The van der Waals surface area contributed by atoms with Crippen molar-refractivity contribution in [3.8, 4) is 0 Å². The van der Waals surface area contributed by atoms with Crippen LogP contribution in [0.5, 0.6) is 0 Å². The molecular formula is C11H13N5O3. The van der Waals surface area contributed by atoms with Crippen molar-refractivity contribution < 1.29 is 14.4 Å². The van der Waals surface area contributed by atoms with E-state index in [2.05, 4.69) is 20.6 Å². The number of hydrogen-bond donors (Lipinski definition) is 2. The number of carbonyl (C=O) groups is 3.